The highest BCUT2D eigenvalue weighted by Crippen LogP contribution is 2.23. The molecule has 2 aromatic rings. The van der Waals surface area contributed by atoms with Gasteiger partial charge < -0.3 is 4.52 Å². The maximum atomic E-state index is 13.3. The van der Waals surface area contributed by atoms with E-state index in [-0.39, 0.29) is 5.82 Å². The second kappa shape index (κ2) is 8.93. The molecule has 4 rings (SSSR count). The van der Waals surface area contributed by atoms with Crippen molar-refractivity contribution in [3.8, 4) is 0 Å². The van der Waals surface area contributed by atoms with E-state index in [9.17, 15) is 4.39 Å². The molecular weight excluding hydrogens is 343 g/mol. The van der Waals surface area contributed by atoms with Crippen LogP contribution in [0.1, 0.15) is 55.8 Å². The molecule has 2 aliphatic rings. The van der Waals surface area contributed by atoms with Crippen molar-refractivity contribution in [1.29, 1.82) is 0 Å². The van der Waals surface area contributed by atoms with Gasteiger partial charge in [-0.25, -0.2) is 4.39 Å². The molecule has 2 heterocycles. The van der Waals surface area contributed by atoms with Gasteiger partial charge in [0.2, 0.25) is 5.89 Å². The highest BCUT2D eigenvalue weighted by Gasteiger charge is 2.24. The molecule has 0 spiro atoms. The van der Waals surface area contributed by atoms with E-state index in [1.54, 1.807) is 6.07 Å². The van der Waals surface area contributed by atoms with E-state index < -0.39 is 0 Å². The summed E-state index contributed by atoms with van der Waals surface area (Å²) in [6.07, 6.45) is 8.62. The van der Waals surface area contributed by atoms with Crippen LogP contribution in [0, 0.1) is 5.82 Å². The quantitative estimate of drug-likeness (QED) is 0.802. The Labute approximate surface area is 160 Å². The van der Waals surface area contributed by atoms with E-state index in [0.29, 0.717) is 24.7 Å². The number of nitrogens with zero attached hydrogens (tertiary/aromatic N) is 4. The van der Waals surface area contributed by atoms with Crippen molar-refractivity contribution < 1.29 is 8.91 Å². The minimum Gasteiger partial charge on any atom is -0.338 e. The molecule has 0 radical (unpaired) electrons. The second-order valence-electron chi connectivity index (χ2n) is 7.87. The molecule has 1 aliphatic heterocycles. The summed E-state index contributed by atoms with van der Waals surface area (Å²) in [5.74, 6) is 1.05. The smallest absolute Gasteiger partial charge is 0.240 e. The Balaban J connectivity index is 1.30. The van der Waals surface area contributed by atoms with Gasteiger partial charge in [0.25, 0.3) is 0 Å². The molecule has 146 valence electrons. The van der Waals surface area contributed by atoms with Crippen molar-refractivity contribution in [3.63, 3.8) is 0 Å². The van der Waals surface area contributed by atoms with Crippen LogP contribution in [0.4, 0.5) is 4.39 Å². The number of halogens is 1. The molecule has 1 aliphatic carbocycles. The summed E-state index contributed by atoms with van der Waals surface area (Å²) in [6, 6.07) is 7.35. The Morgan fingerprint density at radius 1 is 1.04 bits per heavy atom. The monoisotopic (exact) mass is 372 g/mol. The third kappa shape index (κ3) is 5.14. The van der Waals surface area contributed by atoms with Gasteiger partial charge in [-0.3, -0.25) is 9.80 Å². The molecule has 6 heteroatoms. The lowest BCUT2D eigenvalue weighted by Gasteiger charge is -2.33. The molecule has 2 fully saturated rings. The van der Waals surface area contributed by atoms with Crippen LogP contribution in [-0.4, -0.2) is 52.2 Å². The van der Waals surface area contributed by atoms with Crippen molar-refractivity contribution in [3.05, 3.63) is 47.4 Å². The van der Waals surface area contributed by atoms with E-state index in [1.807, 2.05) is 6.07 Å². The molecule has 0 bridgehead atoms. The molecule has 0 amide bonds. The van der Waals surface area contributed by atoms with E-state index >= 15 is 0 Å². The Morgan fingerprint density at radius 2 is 1.93 bits per heavy atom. The van der Waals surface area contributed by atoms with E-state index in [4.69, 9.17) is 4.52 Å². The van der Waals surface area contributed by atoms with Crippen molar-refractivity contribution in [1.82, 2.24) is 19.9 Å². The van der Waals surface area contributed by atoms with Crippen LogP contribution < -0.4 is 0 Å². The highest BCUT2D eigenvalue weighted by atomic mass is 19.1. The van der Waals surface area contributed by atoms with Gasteiger partial charge in [0, 0.05) is 25.6 Å². The standard InChI is InChI=1S/C21H29FN4O/c22-18-7-4-6-17(14-18)15-20-23-21(27-24-20)16-25-10-5-11-26(13-12-25)19-8-2-1-3-9-19/h4,6-7,14,19H,1-3,5,8-13,15-16H2. The molecule has 27 heavy (non-hydrogen) atoms. The zero-order valence-corrected chi connectivity index (χ0v) is 15.9. The van der Waals surface area contributed by atoms with Gasteiger partial charge in [0.1, 0.15) is 5.82 Å². The topological polar surface area (TPSA) is 45.4 Å². The van der Waals surface area contributed by atoms with E-state index in [0.717, 1.165) is 31.2 Å². The Bertz CT molecular complexity index is 728. The Hall–Kier alpha value is -1.79. The average molecular weight is 372 g/mol. The SMILES string of the molecule is Fc1cccc(Cc2noc(CN3CCCN(C4CCCCC4)CC3)n2)c1. The second-order valence-corrected chi connectivity index (χ2v) is 7.87. The van der Waals surface area contributed by atoms with Crippen LogP contribution in [0.25, 0.3) is 0 Å². The summed E-state index contributed by atoms with van der Waals surface area (Å²) in [5, 5.41) is 4.07. The number of aromatic nitrogens is 2. The Morgan fingerprint density at radius 3 is 2.78 bits per heavy atom. The normalized spacial score (nSPS) is 20.6. The number of rotatable bonds is 5. The number of hydrogen-bond acceptors (Lipinski definition) is 5. The predicted octanol–water partition coefficient (Wildman–Crippen LogP) is 3.64. The average Bonchev–Trinajstić information content (AvgIpc) is 2.97. The maximum absolute atomic E-state index is 13.3. The maximum Gasteiger partial charge on any atom is 0.240 e. The number of benzene rings is 1. The minimum atomic E-state index is -0.233. The highest BCUT2D eigenvalue weighted by molar-refractivity contribution is 5.19. The molecule has 1 aromatic heterocycles. The van der Waals surface area contributed by atoms with Crippen LogP contribution in [-0.2, 0) is 13.0 Å². The fraction of sp³-hybridized carbons (Fsp3) is 0.619. The lowest BCUT2D eigenvalue weighted by Crippen LogP contribution is -2.39. The first kappa shape index (κ1) is 18.6. The van der Waals surface area contributed by atoms with Crippen molar-refractivity contribution in [2.45, 2.75) is 57.5 Å². The van der Waals surface area contributed by atoms with Crippen LogP contribution in [0.3, 0.4) is 0 Å². The molecule has 1 saturated carbocycles. The molecule has 0 atom stereocenters. The van der Waals surface area contributed by atoms with Crippen LogP contribution >= 0.6 is 0 Å². The summed E-state index contributed by atoms with van der Waals surface area (Å²) in [6.45, 7) is 5.17. The van der Waals surface area contributed by atoms with Gasteiger partial charge in [0.05, 0.1) is 6.54 Å². The largest absolute Gasteiger partial charge is 0.338 e. The van der Waals surface area contributed by atoms with E-state index in [1.165, 1.54) is 57.2 Å². The molecule has 5 nitrogen and oxygen atoms in total. The van der Waals surface area contributed by atoms with Gasteiger partial charge in [-0.2, -0.15) is 4.98 Å². The predicted molar refractivity (Wildman–Crippen MR) is 102 cm³/mol. The van der Waals surface area contributed by atoms with Gasteiger partial charge >= 0.3 is 0 Å². The summed E-state index contributed by atoms with van der Waals surface area (Å²) in [7, 11) is 0. The lowest BCUT2D eigenvalue weighted by molar-refractivity contribution is 0.156. The first-order valence-corrected chi connectivity index (χ1v) is 10.3. The fourth-order valence-corrected chi connectivity index (χ4v) is 4.41. The van der Waals surface area contributed by atoms with Crippen LogP contribution in [0.15, 0.2) is 28.8 Å². The van der Waals surface area contributed by atoms with Crippen LogP contribution in [0.5, 0.6) is 0 Å². The zero-order valence-electron chi connectivity index (χ0n) is 15.9. The summed E-state index contributed by atoms with van der Waals surface area (Å²) in [4.78, 5) is 9.63. The molecule has 0 N–H and O–H groups in total. The third-order valence-corrected chi connectivity index (χ3v) is 5.83. The molecular formula is C21H29FN4O. The van der Waals surface area contributed by atoms with E-state index in [2.05, 4.69) is 19.9 Å². The van der Waals surface area contributed by atoms with Crippen molar-refractivity contribution >= 4 is 0 Å². The molecule has 1 saturated heterocycles. The van der Waals surface area contributed by atoms with Crippen LogP contribution in [0.2, 0.25) is 0 Å². The van der Waals surface area contributed by atoms with Crippen molar-refractivity contribution in [2.75, 3.05) is 26.2 Å². The van der Waals surface area contributed by atoms with Gasteiger partial charge in [-0.05, 0) is 50.0 Å². The van der Waals surface area contributed by atoms with Gasteiger partial charge in [0.15, 0.2) is 5.82 Å². The van der Waals surface area contributed by atoms with Crippen molar-refractivity contribution in [2.24, 2.45) is 0 Å². The number of hydrogen-bond donors (Lipinski definition) is 0. The summed E-state index contributed by atoms with van der Waals surface area (Å²) in [5.41, 5.74) is 0.861. The van der Waals surface area contributed by atoms with Gasteiger partial charge in [-0.15, -0.1) is 0 Å². The van der Waals surface area contributed by atoms with Gasteiger partial charge in [-0.1, -0.05) is 36.6 Å². The third-order valence-electron chi connectivity index (χ3n) is 5.83. The summed E-state index contributed by atoms with van der Waals surface area (Å²) < 4.78 is 18.8. The lowest BCUT2D eigenvalue weighted by atomic mass is 9.94. The molecule has 1 aromatic carbocycles. The zero-order chi connectivity index (χ0) is 18.5. The minimum absolute atomic E-state index is 0.233. The first-order chi connectivity index (χ1) is 13.3. The first-order valence-electron chi connectivity index (χ1n) is 10.3. The molecule has 0 unspecified atom stereocenters. The Kier molecular flexibility index (Phi) is 6.14. The summed E-state index contributed by atoms with van der Waals surface area (Å²) >= 11 is 0. The fourth-order valence-electron chi connectivity index (χ4n) is 4.41.